The van der Waals surface area contributed by atoms with Gasteiger partial charge >= 0.3 is 5.97 Å². The van der Waals surface area contributed by atoms with Gasteiger partial charge in [0.2, 0.25) is 0 Å². The Morgan fingerprint density at radius 2 is 2.11 bits per heavy atom. The number of hydrogen-bond donors (Lipinski definition) is 2. The average molecular weight is 253 g/mol. The van der Waals surface area contributed by atoms with E-state index in [2.05, 4.69) is 5.32 Å². The molecule has 18 heavy (non-hydrogen) atoms. The van der Waals surface area contributed by atoms with Crippen LogP contribution in [0.5, 0.6) is 0 Å². The summed E-state index contributed by atoms with van der Waals surface area (Å²) in [7, 11) is 0. The Labute approximate surface area is 106 Å². The molecular weight excluding hydrogens is 234 g/mol. The third kappa shape index (κ3) is 3.61. The van der Waals surface area contributed by atoms with E-state index in [4.69, 9.17) is 9.52 Å². The van der Waals surface area contributed by atoms with Crippen LogP contribution in [0.25, 0.3) is 0 Å². The molecule has 1 heterocycles. The Balaban J connectivity index is 2.60. The van der Waals surface area contributed by atoms with Crippen LogP contribution in [0.2, 0.25) is 0 Å². The predicted octanol–water partition coefficient (Wildman–Crippen LogP) is 2.13. The highest BCUT2D eigenvalue weighted by Gasteiger charge is 2.20. The zero-order valence-corrected chi connectivity index (χ0v) is 10.9. The molecule has 1 unspecified atom stereocenters. The number of hydrogen-bond acceptors (Lipinski definition) is 3. The van der Waals surface area contributed by atoms with Crippen molar-refractivity contribution in [3.05, 3.63) is 23.2 Å². The molecule has 100 valence electrons. The molecule has 1 atom stereocenters. The van der Waals surface area contributed by atoms with Crippen LogP contribution in [0.15, 0.2) is 10.5 Å². The molecule has 5 nitrogen and oxygen atoms in total. The van der Waals surface area contributed by atoms with Crippen molar-refractivity contribution in [2.75, 3.05) is 6.54 Å². The predicted molar refractivity (Wildman–Crippen MR) is 66.5 cm³/mol. The topological polar surface area (TPSA) is 79.5 Å². The van der Waals surface area contributed by atoms with Crippen molar-refractivity contribution in [1.29, 1.82) is 0 Å². The smallest absolute Gasteiger partial charge is 0.308 e. The zero-order valence-electron chi connectivity index (χ0n) is 10.9. The highest BCUT2D eigenvalue weighted by molar-refractivity contribution is 5.93. The summed E-state index contributed by atoms with van der Waals surface area (Å²) in [5.41, 5.74) is 0.757. The first kappa shape index (κ1) is 14.3. The summed E-state index contributed by atoms with van der Waals surface area (Å²) in [6, 6.07) is 1.77. The van der Waals surface area contributed by atoms with E-state index in [9.17, 15) is 9.59 Å². The van der Waals surface area contributed by atoms with Crippen molar-refractivity contribution in [2.24, 2.45) is 5.92 Å². The molecule has 0 spiro atoms. The van der Waals surface area contributed by atoms with Gasteiger partial charge in [-0.1, -0.05) is 13.3 Å². The molecule has 1 aromatic rings. The van der Waals surface area contributed by atoms with Gasteiger partial charge in [0.05, 0.1) is 5.92 Å². The fraction of sp³-hybridized carbons (Fsp3) is 0.538. The fourth-order valence-electron chi connectivity index (χ4n) is 1.82. The second-order valence-electron chi connectivity index (χ2n) is 4.40. The van der Waals surface area contributed by atoms with Crippen LogP contribution in [-0.2, 0) is 4.79 Å². The zero-order chi connectivity index (χ0) is 13.7. The third-order valence-electron chi connectivity index (χ3n) is 2.74. The molecule has 0 aliphatic heterocycles. The van der Waals surface area contributed by atoms with E-state index in [-0.39, 0.29) is 18.2 Å². The van der Waals surface area contributed by atoms with Gasteiger partial charge in [0.25, 0.3) is 5.91 Å². The highest BCUT2D eigenvalue weighted by Crippen LogP contribution is 2.13. The number of rotatable bonds is 6. The van der Waals surface area contributed by atoms with E-state index in [0.717, 1.165) is 12.0 Å². The molecule has 0 saturated heterocycles. The largest absolute Gasteiger partial charge is 0.481 e. The van der Waals surface area contributed by atoms with Gasteiger partial charge in [-0.25, -0.2) is 0 Å². The highest BCUT2D eigenvalue weighted by atomic mass is 16.4. The molecule has 0 aliphatic rings. The number of amides is 1. The van der Waals surface area contributed by atoms with Crippen LogP contribution in [0, 0.1) is 19.8 Å². The molecule has 0 saturated carbocycles. The van der Waals surface area contributed by atoms with E-state index in [1.54, 1.807) is 19.9 Å². The molecule has 0 aromatic carbocycles. The van der Waals surface area contributed by atoms with E-state index in [1.807, 2.05) is 6.92 Å². The number of carbonyl (C=O) groups is 2. The van der Waals surface area contributed by atoms with Crippen LogP contribution in [0.3, 0.4) is 0 Å². The van der Waals surface area contributed by atoms with Crippen LogP contribution in [0.4, 0.5) is 0 Å². The summed E-state index contributed by atoms with van der Waals surface area (Å²) in [5.74, 6) is -0.864. The normalized spacial score (nSPS) is 12.2. The van der Waals surface area contributed by atoms with Gasteiger partial charge in [0.1, 0.15) is 5.76 Å². The number of carboxylic acids is 1. The number of furan rings is 1. The lowest BCUT2D eigenvalue weighted by molar-refractivity contribution is -0.141. The van der Waals surface area contributed by atoms with Crippen LogP contribution in [-0.4, -0.2) is 23.5 Å². The Hall–Kier alpha value is -1.78. The van der Waals surface area contributed by atoms with Gasteiger partial charge in [-0.2, -0.15) is 0 Å². The molecule has 0 fully saturated rings. The number of carbonyl (C=O) groups excluding carboxylic acids is 1. The molecule has 0 bridgehead atoms. The molecule has 1 amide bonds. The quantitative estimate of drug-likeness (QED) is 0.813. The van der Waals surface area contributed by atoms with Crippen LogP contribution in [0.1, 0.15) is 41.6 Å². The average Bonchev–Trinajstić information content (AvgIpc) is 2.63. The SMILES string of the molecule is CCCC(CNC(=O)c1oc(C)cc1C)C(=O)O. The lowest BCUT2D eigenvalue weighted by Gasteiger charge is -2.11. The number of aliphatic carboxylic acids is 1. The molecular formula is C13H19NO4. The standard InChI is InChI=1S/C13H19NO4/c1-4-5-10(13(16)17)7-14-12(15)11-8(2)6-9(3)18-11/h6,10H,4-5,7H2,1-3H3,(H,14,15)(H,16,17). The van der Waals surface area contributed by atoms with Crippen LogP contribution < -0.4 is 5.32 Å². The van der Waals surface area contributed by atoms with E-state index >= 15 is 0 Å². The van der Waals surface area contributed by atoms with E-state index < -0.39 is 11.9 Å². The summed E-state index contributed by atoms with van der Waals surface area (Å²) in [6.45, 7) is 5.59. The summed E-state index contributed by atoms with van der Waals surface area (Å²) >= 11 is 0. The van der Waals surface area contributed by atoms with Crippen molar-refractivity contribution < 1.29 is 19.1 Å². The number of aryl methyl sites for hydroxylation is 2. The number of nitrogens with one attached hydrogen (secondary N) is 1. The maximum atomic E-state index is 11.8. The van der Waals surface area contributed by atoms with Gasteiger partial charge in [0.15, 0.2) is 5.76 Å². The van der Waals surface area contributed by atoms with Gasteiger partial charge in [0, 0.05) is 12.1 Å². The lowest BCUT2D eigenvalue weighted by atomic mass is 10.0. The van der Waals surface area contributed by atoms with Gasteiger partial charge < -0.3 is 14.8 Å². The molecule has 0 radical (unpaired) electrons. The molecule has 1 aromatic heterocycles. The first-order chi connectivity index (χ1) is 8.45. The number of carboxylic acid groups (broad SMARTS) is 1. The first-order valence-electron chi connectivity index (χ1n) is 6.03. The second-order valence-corrected chi connectivity index (χ2v) is 4.40. The summed E-state index contributed by atoms with van der Waals surface area (Å²) in [6.07, 6.45) is 1.32. The second kappa shape index (κ2) is 6.23. The van der Waals surface area contributed by atoms with Gasteiger partial charge in [-0.15, -0.1) is 0 Å². The third-order valence-corrected chi connectivity index (χ3v) is 2.74. The monoisotopic (exact) mass is 253 g/mol. The van der Waals surface area contributed by atoms with Crippen LogP contribution >= 0.6 is 0 Å². The fourth-order valence-corrected chi connectivity index (χ4v) is 1.82. The Morgan fingerprint density at radius 3 is 2.56 bits per heavy atom. The Morgan fingerprint density at radius 1 is 1.44 bits per heavy atom. The maximum absolute atomic E-state index is 11.8. The van der Waals surface area contributed by atoms with Gasteiger partial charge in [-0.3, -0.25) is 9.59 Å². The van der Waals surface area contributed by atoms with Crippen molar-refractivity contribution in [2.45, 2.75) is 33.6 Å². The van der Waals surface area contributed by atoms with Crippen molar-refractivity contribution in [3.63, 3.8) is 0 Å². The van der Waals surface area contributed by atoms with Gasteiger partial charge in [-0.05, 0) is 26.3 Å². The summed E-state index contributed by atoms with van der Waals surface area (Å²) < 4.78 is 5.27. The summed E-state index contributed by atoms with van der Waals surface area (Å²) in [4.78, 5) is 22.7. The molecule has 0 aliphatic carbocycles. The molecule has 5 heteroatoms. The minimum atomic E-state index is -0.885. The Bertz CT molecular complexity index is 436. The van der Waals surface area contributed by atoms with Crippen molar-refractivity contribution >= 4 is 11.9 Å². The lowest BCUT2D eigenvalue weighted by Crippen LogP contribution is -2.33. The maximum Gasteiger partial charge on any atom is 0.308 e. The Kier molecular flexibility index (Phi) is 4.95. The van der Waals surface area contributed by atoms with E-state index in [0.29, 0.717) is 12.2 Å². The minimum absolute atomic E-state index is 0.126. The summed E-state index contributed by atoms with van der Waals surface area (Å²) in [5, 5.41) is 11.6. The van der Waals surface area contributed by atoms with Crippen molar-refractivity contribution in [1.82, 2.24) is 5.32 Å². The molecule has 2 N–H and O–H groups in total. The molecule has 1 rings (SSSR count). The van der Waals surface area contributed by atoms with Crippen molar-refractivity contribution in [3.8, 4) is 0 Å². The minimum Gasteiger partial charge on any atom is -0.481 e. The first-order valence-corrected chi connectivity index (χ1v) is 6.03. The van der Waals surface area contributed by atoms with E-state index in [1.165, 1.54) is 0 Å².